The topological polar surface area (TPSA) is 38.3 Å². The van der Waals surface area contributed by atoms with E-state index in [1.165, 1.54) is 5.56 Å². The monoisotopic (exact) mass is 205 g/mol. The van der Waals surface area contributed by atoms with Gasteiger partial charge < -0.3 is 10.1 Å². The summed E-state index contributed by atoms with van der Waals surface area (Å²) in [6, 6.07) is 8.03. The summed E-state index contributed by atoms with van der Waals surface area (Å²) >= 11 is 0. The van der Waals surface area contributed by atoms with Gasteiger partial charge in [0.25, 0.3) is 0 Å². The Kier molecular flexibility index (Phi) is 4.41. The molecule has 1 aromatic carbocycles. The lowest BCUT2D eigenvalue weighted by molar-refractivity contribution is -0.137. The fraction of sp³-hybridized carbons (Fsp3) is 0.250. The average Bonchev–Trinajstić information content (AvgIpc) is 2.26. The minimum Gasteiger partial charge on any atom is -0.461 e. The van der Waals surface area contributed by atoms with Crippen molar-refractivity contribution in [1.29, 1.82) is 0 Å². The summed E-state index contributed by atoms with van der Waals surface area (Å²) in [7, 11) is 0. The van der Waals surface area contributed by atoms with Crippen LogP contribution in [0, 0.1) is 6.92 Å². The maximum Gasteiger partial charge on any atom is 0.330 e. The first-order chi connectivity index (χ1) is 7.22. The number of anilines is 1. The molecule has 0 bridgehead atoms. The number of benzene rings is 1. The molecule has 15 heavy (non-hydrogen) atoms. The van der Waals surface area contributed by atoms with Gasteiger partial charge in [-0.25, -0.2) is 4.79 Å². The quantitative estimate of drug-likeness (QED) is 0.454. The molecule has 1 rings (SSSR count). The number of aryl methyl sites for hydroxylation is 1. The van der Waals surface area contributed by atoms with E-state index < -0.39 is 0 Å². The van der Waals surface area contributed by atoms with Crippen molar-refractivity contribution in [3.05, 3.63) is 42.5 Å². The Balaban J connectivity index is 2.23. The molecule has 0 atom stereocenters. The van der Waals surface area contributed by atoms with Gasteiger partial charge in [-0.2, -0.15) is 0 Å². The minimum atomic E-state index is -0.388. The zero-order valence-electron chi connectivity index (χ0n) is 8.82. The summed E-state index contributed by atoms with van der Waals surface area (Å²) in [6.45, 7) is 6.30. The highest BCUT2D eigenvalue weighted by molar-refractivity contribution is 5.81. The second-order valence-electron chi connectivity index (χ2n) is 3.16. The molecular formula is C12H15NO2. The highest BCUT2D eigenvalue weighted by Crippen LogP contribution is 2.07. The minimum absolute atomic E-state index is 0.346. The van der Waals surface area contributed by atoms with Gasteiger partial charge in [-0.05, 0) is 19.1 Å². The lowest BCUT2D eigenvalue weighted by atomic mass is 10.2. The molecule has 0 unspecified atom stereocenters. The van der Waals surface area contributed by atoms with E-state index in [0.29, 0.717) is 13.2 Å². The van der Waals surface area contributed by atoms with E-state index in [1.54, 1.807) is 0 Å². The Morgan fingerprint density at radius 1 is 1.47 bits per heavy atom. The second kappa shape index (κ2) is 5.86. The van der Waals surface area contributed by atoms with Crippen LogP contribution in [-0.4, -0.2) is 19.1 Å². The molecule has 0 saturated carbocycles. The Morgan fingerprint density at radius 3 is 2.73 bits per heavy atom. The summed E-state index contributed by atoms with van der Waals surface area (Å²) in [6.07, 6.45) is 1.16. The number of carbonyl (C=O) groups is 1. The second-order valence-corrected chi connectivity index (χ2v) is 3.16. The third-order valence-electron chi connectivity index (χ3n) is 1.89. The zero-order valence-corrected chi connectivity index (χ0v) is 8.82. The number of esters is 1. The van der Waals surface area contributed by atoms with Crippen molar-refractivity contribution in [3.8, 4) is 0 Å². The van der Waals surface area contributed by atoms with E-state index in [0.717, 1.165) is 11.8 Å². The van der Waals surface area contributed by atoms with Gasteiger partial charge in [0.15, 0.2) is 0 Å². The van der Waals surface area contributed by atoms with Crippen LogP contribution in [0.1, 0.15) is 5.56 Å². The molecule has 80 valence electrons. The molecule has 0 aromatic heterocycles. The molecule has 0 aliphatic heterocycles. The lowest BCUT2D eigenvalue weighted by Gasteiger charge is -2.06. The smallest absolute Gasteiger partial charge is 0.330 e. The molecule has 1 aromatic rings. The van der Waals surface area contributed by atoms with Gasteiger partial charge in [0.1, 0.15) is 6.61 Å². The third kappa shape index (κ3) is 4.31. The fourth-order valence-corrected chi connectivity index (χ4v) is 1.08. The molecule has 0 radical (unpaired) electrons. The van der Waals surface area contributed by atoms with Crippen LogP contribution in [-0.2, 0) is 9.53 Å². The zero-order chi connectivity index (χ0) is 11.1. The van der Waals surface area contributed by atoms with Crippen molar-refractivity contribution in [2.75, 3.05) is 18.5 Å². The first-order valence-electron chi connectivity index (χ1n) is 4.82. The van der Waals surface area contributed by atoms with E-state index >= 15 is 0 Å². The molecular weight excluding hydrogens is 190 g/mol. The van der Waals surface area contributed by atoms with E-state index in [4.69, 9.17) is 4.74 Å². The predicted molar refractivity (Wildman–Crippen MR) is 60.8 cm³/mol. The number of carbonyl (C=O) groups excluding carboxylic acids is 1. The Morgan fingerprint density at radius 2 is 2.13 bits per heavy atom. The summed E-state index contributed by atoms with van der Waals surface area (Å²) in [5.41, 5.74) is 2.24. The predicted octanol–water partition coefficient (Wildman–Crippen LogP) is 2.14. The van der Waals surface area contributed by atoms with E-state index in [2.05, 4.69) is 11.9 Å². The molecule has 0 fully saturated rings. The van der Waals surface area contributed by atoms with Gasteiger partial charge in [0.2, 0.25) is 0 Å². The first-order valence-corrected chi connectivity index (χ1v) is 4.82. The van der Waals surface area contributed by atoms with Gasteiger partial charge in [-0.3, -0.25) is 0 Å². The highest BCUT2D eigenvalue weighted by Gasteiger charge is 1.94. The number of hydrogen-bond donors (Lipinski definition) is 1. The normalized spacial score (nSPS) is 9.40. The molecule has 0 aliphatic carbocycles. The average molecular weight is 205 g/mol. The lowest BCUT2D eigenvalue weighted by Crippen LogP contribution is -2.12. The highest BCUT2D eigenvalue weighted by atomic mass is 16.5. The Bertz CT molecular complexity index is 330. The van der Waals surface area contributed by atoms with Gasteiger partial charge in [-0.1, -0.05) is 24.3 Å². The van der Waals surface area contributed by atoms with Crippen LogP contribution in [0.2, 0.25) is 0 Å². The largest absolute Gasteiger partial charge is 0.461 e. The SMILES string of the molecule is C=CC(=O)OCCNc1ccc(C)cc1. The van der Waals surface area contributed by atoms with E-state index in [1.807, 2.05) is 31.2 Å². The maximum absolute atomic E-state index is 10.7. The van der Waals surface area contributed by atoms with Crippen molar-refractivity contribution >= 4 is 11.7 Å². The van der Waals surface area contributed by atoms with Crippen molar-refractivity contribution in [2.24, 2.45) is 0 Å². The molecule has 1 N–H and O–H groups in total. The van der Waals surface area contributed by atoms with Gasteiger partial charge in [-0.15, -0.1) is 0 Å². The molecule has 3 nitrogen and oxygen atoms in total. The summed E-state index contributed by atoms with van der Waals surface area (Å²) in [5.74, 6) is -0.388. The summed E-state index contributed by atoms with van der Waals surface area (Å²) < 4.78 is 4.82. The van der Waals surface area contributed by atoms with Crippen LogP contribution in [0.3, 0.4) is 0 Å². The van der Waals surface area contributed by atoms with Gasteiger partial charge in [0.05, 0.1) is 0 Å². The van der Waals surface area contributed by atoms with Crippen molar-refractivity contribution in [1.82, 2.24) is 0 Å². The van der Waals surface area contributed by atoms with Crippen molar-refractivity contribution < 1.29 is 9.53 Å². The third-order valence-corrected chi connectivity index (χ3v) is 1.89. The van der Waals surface area contributed by atoms with Gasteiger partial charge >= 0.3 is 5.97 Å². The molecule has 0 aliphatic rings. The van der Waals surface area contributed by atoms with Crippen LogP contribution >= 0.6 is 0 Å². The van der Waals surface area contributed by atoms with Crippen LogP contribution < -0.4 is 5.32 Å². The molecule has 0 heterocycles. The van der Waals surface area contributed by atoms with Crippen LogP contribution in [0.25, 0.3) is 0 Å². The van der Waals surface area contributed by atoms with E-state index in [9.17, 15) is 4.79 Å². The summed E-state index contributed by atoms with van der Waals surface area (Å²) in [5, 5.41) is 3.14. The molecule has 0 spiro atoms. The van der Waals surface area contributed by atoms with Gasteiger partial charge in [0, 0.05) is 18.3 Å². The van der Waals surface area contributed by atoms with E-state index in [-0.39, 0.29) is 5.97 Å². The standard InChI is InChI=1S/C12H15NO2/c1-3-12(14)15-9-8-13-11-6-4-10(2)5-7-11/h3-7,13H,1,8-9H2,2H3. The number of ether oxygens (including phenoxy) is 1. The summed E-state index contributed by atoms with van der Waals surface area (Å²) in [4.78, 5) is 10.7. The Labute approximate surface area is 89.8 Å². The van der Waals surface area contributed by atoms with Crippen LogP contribution in [0.15, 0.2) is 36.9 Å². The fourth-order valence-electron chi connectivity index (χ4n) is 1.08. The van der Waals surface area contributed by atoms with Crippen LogP contribution in [0.4, 0.5) is 5.69 Å². The number of hydrogen-bond acceptors (Lipinski definition) is 3. The molecule has 3 heteroatoms. The first kappa shape index (κ1) is 11.3. The molecule has 0 amide bonds. The number of rotatable bonds is 5. The maximum atomic E-state index is 10.7. The van der Waals surface area contributed by atoms with Crippen molar-refractivity contribution in [3.63, 3.8) is 0 Å². The molecule has 0 saturated heterocycles. The number of nitrogens with one attached hydrogen (secondary N) is 1. The van der Waals surface area contributed by atoms with Crippen molar-refractivity contribution in [2.45, 2.75) is 6.92 Å². The Hall–Kier alpha value is -1.77. The van der Waals surface area contributed by atoms with Crippen LogP contribution in [0.5, 0.6) is 0 Å².